The molecule has 0 saturated heterocycles. The molecule has 1 aromatic heterocycles. The summed E-state index contributed by atoms with van der Waals surface area (Å²) in [7, 11) is 1.99. The monoisotopic (exact) mass is 249 g/mol. The van der Waals surface area contributed by atoms with Crippen molar-refractivity contribution in [2.75, 3.05) is 25.0 Å². The van der Waals surface area contributed by atoms with Crippen LogP contribution in [0, 0.1) is 11.8 Å². The first-order valence-electron chi connectivity index (χ1n) is 6.87. The van der Waals surface area contributed by atoms with E-state index in [1.807, 2.05) is 19.4 Å². The SMILES string of the molecule is CNCc1ccncc1N(CC(C)C)CC(C)C. The lowest BCUT2D eigenvalue weighted by Crippen LogP contribution is -2.32. The molecule has 0 unspecified atom stereocenters. The van der Waals surface area contributed by atoms with Gasteiger partial charge in [-0.25, -0.2) is 0 Å². The molecule has 0 aliphatic heterocycles. The molecule has 1 rings (SSSR count). The van der Waals surface area contributed by atoms with E-state index in [-0.39, 0.29) is 0 Å². The van der Waals surface area contributed by atoms with Gasteiger partial charge < -0.3 is 10.2 Å². The summed E-state index contributed by atoms with van der Waals surface area (Å²) < 4.78 is 0. The molecular formula is C15H27N3. The maximum Gasteiger partial charge on any atom is 0.0598 e. The van der Waals surface area contributed by atoms with Crippen LogP contribution in [0.5, 0.6) is 0 Å². The van der Waals surface area contributed by atoms with E-state index in [1.165, 1.54) is 11.3 Å². The number of aromatic nitrogens is 1. The normalized spacial score (nSPS) is 11.3. The van der Waals surface area contributed by atoms with E-state index in [0.29, 0.717) is 11.8 Å². The highest BCUT2D eigenvalue weighted by molar-refractivity contribution is 5.51. The van der Waals surface area contributed by atoms with Gasteiger partial charge in [0.2, 0.25) is 0 Å². The first-order valence-corrected chi connectivity index (χ1v) is 6.87. The van der Waals surface area contributed by atoms with E-state index in [1.54, 1.807) is 0 Å². The second-order valence-electron chi connectivity index (χ2n) is 5.73. The number of nitrogens with one attached hydrogen (secondary N) is 1. The average Bonchev–Trinajstić information content (AvgIpc) is 2.28. The third kappa shape index (κ3) is 4.65. The molecule has 102 valence electrons. The van der Waals surface area contributed by atoms with Crippen LogP contribution in [0.4, 0.5) is 5.69 Å². The highest BCUT2D eigenvalue weighted by Gasteiger charge is 2.13. The summed E-state index contributed by atoms with van der Waals surface area (Å²) in [5.74, 6) is 1.32. The Morgan fingerprint density at radius 2 is 1.78 bits per heavy atom. The third-order valence-corrected chi connectivity index (χ3v) is 2.77. The summed E-state index contributed by atoms with van der Waals surface area (Å²) in [4.78, 5) is 6.76. The van der Waals surface area contributed by atoms with E-state index >= 15 is 0 Å². The van der Waals surface area contributed by atoms with Crippen LogP contribution in [0.15, 0.2) is 18.5 Å². The van der Waals surface area contributed by atoms with E-state index < -0.39 is 0 Å². The smallest absolute Gasteiger partial charge is 0.0598 e. The number of nitrogens with zero attached hydrogens (tertiary/aromatic N) is 2. The highest BCUT2D eigenvalue weighted by Crippen LogP contribution is 2.21. The predicted octanol–water partition coefficient (Wildman–Crippen LogP) is 2.92. The van der Waals surface area contributed by atoms with Crippen LogP contribution in [0.25, 0.3) is 0 Å². The van der Waals surface area contributed by atoms with Crippen molar-refractivity contribution < 1.29 is 0 Å². The van der Waals surface area contributed by atoms with Crippen molar-refractivity contribution >= 4 is 5.69 Å². The summed E-state index contributed by atoms with van der Waals surface area (Å²) in [5.41, 5.74) is 2.60. The Hall–Kier alpha value is -1.09. The minimum Gasteiger partial charge on any atom is -0.370 e. The van der Waals surface area contributed by atoms with Gasteiger partial charge in [0.15, 0.2) is 0 Å². The van der Waals surface area contributed by atoms with Gasteiger partial charge in [-0.1, -0.05) is 27.7 Å². The molecule has 1 N–H and O–H groups in total. The van der Waals surface area contributed by atoms with Crippen LogP contribution >= 0.6 is 0 Å². The molecule has 0 bridgehead atoms. The number of anilines is 1. The Bertz CT molecular complexity index is 337. The number of rotatable bonds is 7. The average molecular weight is 249 g/mol. The molecule has 0 atom stereocenters. The topological polar surface area (TPSA) is 28.2 Å². The van der Waals surface area contributed by atoms with Gasteiger partial charge in [-0.2, -0.15) is 0 Å². The van der Waals surface area contributed by atoms with Crippen LogP contribution < -0.4 is 10.2 Å². The van der Waals surface area contributed by atoms with Crippen molar-refractivity contribution in [2.45, 2.75) is 34.2 Å². The predicted molar refractivity (Wildman–Crippen MR) is 78.9 cm³/mol. The maximum absolute atomic E-state index is 4.29. The Morgan fingerprint density at radius 3 is 2.28 bits per heavy atom. The second kappa shape index (κ2) is 7.37. The Labute approximate surface area is 112 Å². The van der Waals surface area contributed by atoms with E-state index in [0.717, 1.165) is 19.6 Å². The van der Waals surface area contributed by atoms with Gasteiger partial charge in [-0.3, -0.25) is 4.98 Å². The van der Waals surface area contributed by atoms with Gasteiger partial charge in [-0.05, 0) is 30.5 Å². The molecule has 0 fully saturated rings. The minimum atomic E-state index is 0.659. The quantitative estimate of drug-likeness (QED) is 0.805. The second-order valence-corrected chi connectivity index (χ2v) is 5.73. The van der Waals surface area contributed by atoms with Crippen LogP contribution in [-0.4, -0.2) is 25.1 Å². The van der Waals surface area contributed by atoms with Crippen LogP contribution in [0.3, 0.4) is 0 Å². The minimum absolute atomic E-state index is 0.659. The first-order chi connectivity index (χ1) is 8.54. The molecular weight excluding hydrogens is 222 g/mol. The molecule has 0 aromatic carbocycles. The number of hydrogen-bond donors (Lipinski definition) is 1. The molecule has 1 aromatic rings. The fourth-order valence-electron chi connectivity index (χ4n) is 2.19. The Kier molecular flexibility index (Phi) is 6.13. The van der Waals surface area contributed by atoms with Crippen molar-refractivity contribution in [1.29, 1.82) is 0 Å². The van der Waals surface area contributed by atoms with Crippen LogP contribution in [0.2, 0.25) is 0 Å². The van der Waals surface area contributed by atoms with Crippen LogP contribution in [0.1, 0.15) is 33.3 Å². The lowest BCUT2D eigenvalue weighted by molar-refractivity contribution is 0.550. The molecule has 0 aliphatic rings. The lowest BCUT2D eigenvalue weighted by Gasteiger charge is -2.30. The summed E-state index contributed by atoms with van der Waals surface area (Å²) in [6, 6.07) is 2.11. The zero-order valence-electron chi connectivity index (χ0n) is 12.4. The molecule has 3 nitrogen and oxygen atoms in total. The number of hydrogen-bond acceptors (Lipinski definition) is 3. The molecule has 0 aliphatic carbocycles. The lowest BCUT2D eigenvalue weighted by atomic mass is 10.1. The molecule has 18 heavy (non-hydrogen) atoms. The summed E-state index contributed by atoms with van der Waals surface area (Å²) in [5, 5.41) is 3.23. The van der Waals surface area contributed by atoms with Crippen molar-refractivity contribution in [3.8, 4) is 0 Å². The summed E-state index contributed by atoms with van der Waals surface area (Å²) >= 11 is 0. The van der Waals surface area contributed by atoms with Crippen molar-refractivity contribution in [3.63, 3.8) is 0 Å². The molecule has 0 saturated carbocycles. The standard InChI is InChI=1S/C15H27N3/c1-12(2)10-18(11-13(3)4)15-9-17-7-6-14(15)8-16-5/h6-7,9,12-13,16H,8,10-11H2,1-5H3. The van der Waals surface area contributed by atoms with Crippen molar-refractivity contribution in [2.24, 2.45) is 11.8 Å². The summed E-state index contributed by atoms with van der Waals surface area (Å²) in [6.45, 7) is 12.1. The van der Waals surface area contributed by atoms with Gasteiger partial charge in [-0.15, -0.1) is 0 Å². The molecule has 0 spiro atoms. The zero-order chi connectivity index (χ0) is 13.5. The Balaban J connectivity index is 2.95. The number of pyridine rings is 1. The third-order valence-electron chi connectivity index (χ3n) is 2.77. The zero-order valence-corrected chi connectivity index (χ0v) is 12.4. The fraction of sp³-hybridized carbons (Fsp3) is 0.667. The molecule has 0 amide bonds. The molecule has 3 heteroatoms. The van der Waals surface area contributed by atoms with E-state index in [4.69, 9.17) is 0 Å². The van der Waals surface area contributed by atoms with Crippen molar-refractivity contribution in [3.05, 3.63) is 24.0 Å². The Morgan fingerprint density at radius 1 is 1.17 bits per heavy atom. The maximum atomic E-state index is 4.29. The van der Waals surface area contributed by atoms with Gasteiger partial charge in [0.1, 0.15) is 0 Å². The van der Waals surface area contributed by atoms with Crippen LogP contribution in [-0.2, 0) is 6.54 Å². The molecule has 1 heterocycles. The van der Waals surface area contributed by atoms with Gasteiger partial charge in [0.05, 0.1) is 11.9 Å². The van der Waals surface area contributed by atoms with E-state index in [9.17, 15) is 0 Å². The first kappa shape index (κ1) is 15.0. The van der Waals surface area contributed by atoms with Gasteiger partial charge in [0.25, 0.3) is 0 Å². The van der Waals surface area contributed by atoms with Gasteiger partial charge >= 0.3 is 0 Å². The highest BCUT2D eigenvalue weighted by atomic mass is 15.1. The van der Waals surface area contributed by atoms with Crippen molar-refractivity contribution in [1.82, 2.24) is 10.3 Å². The molecule has 0 radical (unpaired) electrons. The van der Waals surface area contributed by atoms with Gasteiger partial charge in [0, 0.05) is 25.8 Å². The largest absolute Gasteiger partial charge is 0.370 e. The summed E-state index contributed by atoms with van der Waals surface area (Å²) in [6.07, 6.45) is 3.87. The van der Waals surface area contributed by atoms with E-state index in [2.05, 4.69) is 49.0 Å². The fourth-order valence-corrected chi connectivity index (χ4v) is 2.19.